The summed E-state index contributed by atoms with van der Waals surface area (Å²) in [7, 11) is 0. The second-order valence-corrected chi connectivity index (χ2v) is 4.20. The maximum absolute atomic E-state index is 6.22. The van der Waals surface area contributed by atoms with Gasteiger partial charge in [-0.2, -0.15) is 0 Å². The number of aryl methyl sites for hydroxylation is 1. The molecule has 1 atom stereocenters. The lowest BCUT2D eigenvalue weighted by molar-refractivity contribution is 0.333. The maximum atomic E-state index is 6.22. The second-order valence-electron chi connectivity index (χ2n) is 4.20. The van der Waals surface area contributed by atoms with Gasteiger partial charge in [0.05, 0.1) is 12.9 Å². The lowest BCUT2D eigenvalue weighted by Gasteiger charge is -2.15. The van der Waals surface area contributed by atoms with Gasteiger partial charge in [0.25, 0.3) is 0 Å². The van der Waals surface area contributed by atoms with E-state index >= 15 is 0 Å². The van der Waals surface area contributed by atoms with Gasteiger partial charge >= 0.3 is 0 Å². The zero-order valence-corrected chi connectivity index (χ0v) is 10.6. The van der Waals surface area contributed by atoms with E-state index in [1.54, 1.807) is 6.26 Å². The first-order chi connectivity index (χ1) is 8.81. The molecule has 0 saturated carbocycles. The van der Waals surface area contributed by atoms with Gasteiger partial charge in [0, 0.05) is 18.0 Å². The molecule has 18 heavy (non-hydrogen) atoms. The van der Waals surface area contributed by atoms with Crippen molar-refractivity contribution < 1.29 is 9.15 Å². The van der Waals surface area contributed by atoms with Crippen molar-refractivity contribution in [2.45, 2.75) is 25.8 Å². The Labute approximate surface area is 108 Å². The molecule has 0 aliphatic rings. The summed E-state index contributed by atoms with van der Waals surface area (Å²) in [5.74, 6) is 1.85. The molecule has 1 aromatic carbocycles. The number of nitrogens with two attached hydrogens (primary N) is 1. The van der Waals surface area contributed by atoms with Crippen molar-refractivity contribution in [1.82, 2.24) is 0 Å². The summed E-state index contributed by atoms with van der Waals surface area (Å²) in [5.41, 5.74) is 7.28. The second kappa shape index (κ2) is 6.26. The van der Waals surface area contributed by atoms with Crippen LogP contribution in [0.4, 0.5) is 0 Å². The quantitative estimate of drug-likeness (QED) is 0.849. The minimum atomic E-state index is -0.0298. The third kappa shape index (κ3) is 3.14. The maximum Gasteiger partial charge on any atom is 0.124 e. The molecule has 0 saturated heterocycles. The van der Waals surface area contributed by atoms with E-state index in [2.05, 4.69) is 0 Å². The number of furan rings is 1. The van der Waals surface area contributed by atoms with E-state index in [0.29, 0.717) is 6.61 Å². The molecule has 1 unspecified atom stereocenters. The van der Waals surface area contributed by atoms with Gasteiger partial charge in [-0.05, 0) is 31.5 Å². The molecule has 0 radical (unpaired) electrons. The summed E-state index contributed by atoms with van der Waals surface area (Å²) in [5, 5.41) is 0. The van der Waals surface area contributed by atoms with Crippen molar-refractivity contribution in [3.63, 3.8) is 0 Å². The number of benzene rings is 1. The SMILES string of the molecule is CCOc1ccccc1C(N)CCc1ccco1. The highest BCUT2D eigenvalue weighted by Crippen LogP contribution is 2.26. The monoisotopic (exact) mass is 245 g/mol. The van der Waals surface area contributed by atoms with Crippen molar-refractivity contribution >= 4 is 0 Å². The minimum absolute atomic E-state index is 0.0298. The zero-order chi connectivity index (χ0) is 12.8. The molecule has 3 nitrogen and oxygen atoms in total. The molecule has 0 amide bonds. The molecule has 2 N–H and O–H groups in total. The normalized spacial score (nSPS) is 12.3. The lowest BCUT2D eigenvalue weighted by Crippen LogP contribution is -2.13. The third-order valence-corrected chi connectivity index (χ3v) is 2.90. The molecule has 2 aromatic rings. The predicted octanol–water partition coefficient (Wildman–Crippen LogP) is 3.31. The molecule has 1 aromatic heterocycles. The van der Waals surface area contributed by atoms with Crippen LogP contribution in [-0.4, -0.2) is 6.61 Å². The topological polar surface area (TPSA) is 48.4 Å². The first-order valence-electron chi connectivity index (χ1n) is 6.31. The number of hydrogen-bond donors (Lipinski definition) is 1. The lowest BCUT2D eigenvalue weighted by atomic mass is 10.0. The highest BCUT2D eigenvalue weighted by molar-refractivity contribution is 5.35. The van der Waals surface area contributed by atoms with Gasteiger partial charge in [0.1, 0.15) is 11.5 Å². The summed E-state index contributed by atoms with van der Waals surface area (Å²) >= 11 is 0. The van der Waals surface area contributed by atoms with Crippen LogP contribution in [0.5, 0.6) is 5.75 Å². The molecule has 3 heteroatoms. The Morgan fingerprint density at radius 3 is 2.78 bits per heavy atom. The average molecular weight is 245 g/mol. The highest BCUT2D eigenvalue weighted by Gasteiger charge is 2.12. The molecule has 0 aliphatic carbocycles. The minimum Gasteiger partial charge on any atom is -0.494 e. The van der Waals surface area contributed by atoms with Crippen LogP contribution in [-0.2, 0) is 6.42 Å². The first kappa shape index (κ1) is 12.7. The van der Waals surface area contributed by atoms with E-state index < -0.39 is 0 Å². The van der Waals surface area contributed by atoms with Gasteiger partial charge in [-0.3, -0.25) is 0 Å². The van der Waals surface area contributed by atoms with E-state index in [1.165, 1.54) is 0 Å². The molecular formula is C15H19NO2. The summed E-state index contributed by atoms with van der Waals surface area (Å²) in [4.78, 5) is 0. The molecule has 0 bridgehead atoms. The van der Waals surface area contributed by atoms with Crippen molar-refractivity contribution in [3.05, 3.63) is 54.0 Å². The largest absolute Gasteiger partial charge is 0.494 e. The van der Waals surface area contributed by atoms with Crippen LogP contribution in [0.1, 0.15) is 30.7 Å². The predicted molar refractivity (Wildman–Crippen MR) is 71.6 cm³/mol. The van der Waals surface area contributed by atoms with E-state index in [1.807, 2.05) is 43.3 Å². The van der Waals surface area contributed by atoms with Gasteiger partial charge < -0.3 is 14.9 Å². The van der Waals surface area contributed by atoms with E-state index in [-0.39, 0.29) is 6.04 Å². The summed E-state index contributed by atoms with van der Waals surface area (Å²) in [6, 6.07) is 11.8. The van der Waals surface area contributed by atoms with E-state index in [0.717, 1.165) is 29.9 Å². The fraction of sp³-hybridized carbons (Fsp3) is 0.333. The highest BCUT2D eigenvalue weighted by atomic mass is 16.5. The van der Waals surface area contributed by atoms with Crippen LogP contribution >= 0.6 is 0 Å². The first-order valence-corrected chi connectivity index (χ1v) is 6.31. The molecule has 0 fully saturated rings. The fourth-order valence-electron chi connectivity index (χ4n) is 1.98. The average Bonchev–Trinajstić information content (AvgIpc) is 2.90. The molecule has 2 rings (SSSR count). The number of rotatable bonds is 6. The number of para-hydroxylation sites is 1. The Bertz CT molecular complexity index is 465. The Morgan fingerprint density at radius 2 is 2.06 bits per heavy atom. The van der Waals surface area contributed by atoms with Gasteiger partial charge in [0.15, 0.2) is 0 Å². The van der Waals surface area contributed by atoms with E-state index in [4.69, 9.17) is 14.9 Å². The summed E-state index contributed by atoms with van der Waals surface area (Å²) in [6.45, 7) is 2.63. The van der Waals surface area contributed by atoms with E-state index in [9.17, 15) is 0 Å². The zero-order valence-electron chi connectivity index (χ0n) is 10.6. The van der Waals surface area contributed by atoms with Crippen molar-refractivity contribution in [3.8, 4) is 5.75 Å². The van der Waals surface area contributed by atoms with Crippen LogP contribution in [0.15, 0.2) is 47.1 Å². The smallest absolute Gasteiger partial charge is 0.124 e. The molecule has 1 heterocycles. The van der Waals surface area contributed by atoms with Crippen LogP contribution in [0, 0.1) is 0 Å². The van der Waals surface area contributed by atoms with Crippen molar-refractivity contribution in [2.75, 3.05) is 6.61 Å². The van der Waals surface area contributed by atoms with Crippen molar-refractivity contribution in [2.24, 2.45) is 5.73 Å². The molecular weight excluding hydrogens is 226 g/mol. The van der Waals surface area contributed by atoms with Crippen LogP contribution in [0.25, 0.3) is 0 Å². The van der Waals surface area contributed by atoms with Gasteiger partial charge in [-0.1, -0.05) is 18.2 Å². The van der Waals surface area contributed by atoms with Gasteiger partial charge in [-0.15, -0.1) is 0 Å². The Morgan fingerprint density at radius 1 is 1.22 bits per heavy atom. The summed E-state index contributed by atoms with van der Waals surface area (Å²) in [6.07, 6.45) is 3.38. The fourth-order valence-corrected chi connectivity index (χ4v) is 1.98. The molecule has 0 spiro atoms. The Kier molecular flexibility index (Phi) is 4.42. The number of hydrogen-bond acceptors (Lipinski definition) is 3. The van der Waals surface area contributed by atoms with Crippen LogP contribution in [0.3, 0.4) is 0 Å². The molecule has 0 aliphatic heterocycles. The standard InChI is InChI=1S/C15H19NO2/c1-2-17-15-8-4-3-7-13(15)14(16)10-9-12-6-5-11-18-12/h3-8,11,14H,2,9-10,16H2,1H3. The van der Waals surface area contributed by atoms with Gasteiger partial charge in [-0.25, -0.2) is 0 Å². The Balaban J connectivity index is 2.01. The van der Waals surface area contributed by atoms with Crippen LogP contribution < -0.4 is 10.5 Å². The number of ether oxygens (including phenoxy) is 1. The third-order valence-electron chi connectivity index (χ3n) is 2.90. The van der Waals surface area contributed by atoms with Gasteiger partial charge in [0.2, 0.25) is 0 Å². The summed E-state index contributed by atoms with van der Waals surface area (Å²) < 4.78 is 10.9. The Hall–Kier alpha value is -1.74. The molecule has 96 valence electrons. The van der Waals surface area contributed by atoms with Crippen LogP contribution in [0.2, 0.25) is 0 Å². The van der Waals surface area contributed by atoms with Crippen molar-refractivity contribution in [1.29, 1.82) is 0 Å².